The van der Waals surface area contributed by atoms with Crippen molar-refractivity contribution in [3.63, 3.8) is 0 Å². The largest absolute Gasteiger partial charge is 0.484 e. The third kappa shape index (κ3) is 6.23. The molecule has 0 saturated heterocycles. The predicted molar refractivity (Wildman–Crippen MR) is 102 cm³/mol. The molecule has 132 valence electrons. The van der Waals surface area contributed by atoms with Gasteiger partial charge in [0.1, 0.15) is 5.75 Å². The zero-order valence-electron chi connectivity index (χ0n) is 14.2. The Morgan fingerprint density at radius 3 is 2.28 bits per heavy atom. The second kappa shape index (κ2) is 9.22. The van der Waals surface area contributed by atoms with Crippen molar-refractivity contribution >= 4 is 33.4 Å². The fourth-order valence-corrected chi connectivity index (χ4v) is 2.60. The molecule has 0 aliphatic carbocycles. The standard InChI is InChI=1S/C19H21BrN2O3/c1-3-18(14-4-6-15(20)7-5-14)22-19(24)12-25-17-10-8-16(9-11-17)21-13(2)23/h4-11,18H,3,12H2,1-2H3,(H,21,23)(H,22,24)/t18-/m1/s1. The van der Waals surface area contributed by atoms with Crippen molar-refractivity contribution in [3.8, 4) is 5.75 Å². The van der Waals surface area contributed by atoms with Crippen molar-refractivity contribution < 1.29 is 14.3 Å². The molecule has 2 amide bonds. The Morgan fingerprint density at radius 2 is 1.72 bits per heavy atom. The molecule has 0 spiro atoms. The molecule has 2 aromatic carbocycles. The molecule has 2 N–H and O–H groups in total. The number of carbonyl (C=O) groups excluding carboxylic acids is 2. The Balaban J connectivity index is 1.86. The highest BCUT2D eigenvalue weighted by Crippen LogP contribution is 2.20. The number of benzene rings is 2. The first-order chi connectivity index (χ1) is 12.0. The van der Waals surface area contributed by atoms with Gasteiger partial charge in [0.15, 0.2) is 6.61 Å². The molecule has 0 heterocycles. The first-order valence-electron chi connectivity index (χ1n) is 8.03. The van der Waals surface area contributed by atoms with E-state index in [0.717, 1.165) is 16.5 Å². The summed E-state index contributed by atoms with van der Waals surface area (Å²) >= 11 is 3.41. The monoisotopic (exact) mass is 404 g/mol. The maximum Gasteiger partial charge on any atom is 0.258 e. The molecule has 0 fully saturated rings. The van der Waals surface area contributed by atoms with Gasteiger partial charge in [-0.25, -0.2) is 0 Å². The van der Waals surface area contributed by atoms with Crippen LogP contribution in [0.2, 0.25) is 0 Å². The summed E-state index contributed by atoms with van der Waals surface area (Å²) in [5.41, 5.74) is 1.74. The van der Waals surface area contributed by atoms with E-state index in [1.54, 1.807) is 24.3 Å². The van der Waals surface area contributed by atoms with Crippen molar-refractivity contribution in [2.45, 2.75) is 26.3 Å². The SMILES string of the molecule is CC[C@@H](NC(=O)COc1ccc(NC(C)=O)cc1)c1ccc(Br)cc1. The first-order valence-corrected chi connectivity index (χ1v) is 8.82. The van der Waals surface area contributed by atoms with Crippen LogP contribution in [0.4, 0.5) is 5.69 Å². The minimum atomic E-state index is -0.180. The number of hydrogen-bond donors (Lipinski definition) is 2. The third-order valence-corrected chi connectivity index (χ3v) is 4.09. The molecule has 5 nitrogen and oxygen atoms in total. The van der Waals surface area contributed by atoms with Gasteiger partial charge in [-0.05, 0) is 48.4 Å². The van der Waals surface area contributed by atoms with Crippen LogP contribution in [0.5, 0.6) is 5.75 Å². The predicted octanol–water partition coefficient (Wildman–Crippen LogP) is 4.05. The first kappa shape index (κ1) is 19.0. The Hall–Kier alpha value is -2.34. The van der Waals surface area contributed by atoms with Crippen molar-refractivity contribution in [1.29, 1.82) is 0 Å². The maximum absolute atomic E-state index is 12.1. The number of anilines is 1. The van der Waals surface area contributed by atoms with Gasteiger partial charge in [-0.2, -0.15) is 0 Å². The van der Waals surface area contributed by atoms with E-state index in [-0.39, 0.29) is 24.5 Å². The van der Waals surface area contributed by atoms with E-state index < -0.39 is 0 Å². The van der Waals surface area contributed by atoms with Gasteiger partial charge >= 0.3 is 0 Å². The van der Waals surface area contributed by atoms with Gasteiger partial charge in [-0.1, -0.05) is 35.0 Å². The summed E-state index contributed by atoms with van der Waals surface area (Å²) in [7, 11) is 0. The van der Waals surface area contributed by atoms with E-state index in [0.29, 0.717) is 11.4 Å². The van der Waals surface area contributed by atoms with E-state index in [9.17, 15) is 9.59 Å². The third-order valence-electron chi connectivity index (χ3n) is 3.56. The zero-order chi connectivity index (χ0) is 18.2. The molecule has 2 aromatic rings. The molecule has 0 aliphatic heterocycles. The smallest absolute Gasteiger partial charge is 0.258 e. The highest BCUT2D eigenvalue weighted by atomic mass is 79.9. The molecular weight excluding hydrogens is 384 g/mol. The summed E-state index contributed by atoms with van der Waals surface area (Å²) < 4.78 is 6.50. The molecule has 1 atom stereocenters. The average molecular weight is 405 g/mol. The van der Waals surface area contributed by atoms with E-state index in [2.05, 4.69) is 26.6 Å². The molecule has 0 aliphatic rings. The summed E-state index contributed by atoms with van der Waals surface area (Å²) in [5, 5.41) is 5.65. The van der Waals surface area contributed by atoms with Gasteiger partial charge in [0.25, 0.3) is 5.91 Å². The van der Waals surface area contributed by atoms with Gasteiger partial charge in [-0.15, -0.1) is 0 Å². The molecular formula is C19H21BrN2O3. The van der Waals surface area contributed by atoms with Crippen LogP contribution in [0, 0.1) is 0 Å². The molecule has 0 unspecified atom stereocenters. The highest BCUT2D eigenvalue weighted by Gasteiger charge is 2.13. The van der Waals surface area contributed by atoms with Crippen LogP contribution < -0.4 is 15.4 Å². The van der Waals surface area contributed by atoms with Crippen LogP contribution >= 0.6 is 15.9 Å². The quantitative estimate of drug-likeness (QED) is 0.730. The maximum atomic E-state index is 12.1. The van der Waals surface area contributed by atoms with Gasteiger partial charge in [-0.3, -0.25) is 9.59 Å². The number of hydrogen-bond acceptors (Lipinski definition) is 3. The lowest BCUT2D eigenvalue weighted by Gasteiger charge is -2.18. The fourth-order valence-electron chi connectivity index (χ4n) is 2.34. The molecule has 0 aromatic heterocycles. The normalized spacial score (nSPS) is 11.5. The van der Waals surface area contributed by atoms with Crippen molar-refractivity contribution in [2.75, 3.05) is 11.9 Å². The summed E-state index contributed by atoms with van der Waals surface area (Å²) in [5.74, 6) is 0.258. The Kier molecular flexibility index (Phi) is 7.01. The molecule has 6 heteroatoms. The fraction of sp³-hybridized carbons (Fsp3) is 0.263. The number of amides is 2. The lowest BCUT2D eigenvalue weighted by Crippen LogP contribution is -2.32. The second-order valence-electron chi connectivity index (χ2n) is 5.57. The van der Waals surface area contributed by atoms with Gasteiger partial charge in [0, 0.05) is 17.1 Å². The molecule has 0 radical (unpaired) electrons. The van der Waals surface area contributed by atoms with E-state index >= 15 is 0 Å². The van der Waals surface area contributed by atoms with Crippen LogP contribution in [-0.2, 0) is 9.59 Å². The van der Waals surface area contributed by atoms with E-state index in [4.69, 9.17) is 4.74 Å². The van der Waals surface area contributed by atoms with Gasteiger partial charge < -0.3 is 15.4 Å². The van der Waals surface area contributed by atoms with Gasteiger partial charge in [0.05, 0.1) is 6.04 Å². The summed E-state index contributed by atoms with van der Waals surface area (Å²) in [6.07, 6.45) is 0.790. The number of rotatable bonds is 7. The van der Waals surface area contributed by atoms with Crippen LogP contribution in [0.15, 0.2) is 53.0 Å². The van der Waals surface area contributed by atoms with E-state index in [1.165, 1.54) is 6.92 Å². The average Bonchev–Trinajstić information content (AvgIpc) is 2.59. The molecule has 2 rings (SSSR count). The zero-order valence-corrected chi connectivity index (χ0v) is 15.8. The minimum Gasteiger partial charge on any atom is -0.484 e. The lowest BCUT2D eigenvalue weighted by atomic mass is 10.0. The molecule has 0 saturated carbocycles. The van der Waals surface area contributed by atoms with Gasteiger partial charge in [0.2, 0.25) is 5.91 Å². The molecule has 0 bridgehead atoms. The van der Waals surface area contributed by atoms with Crippen LogP contribution in [0.25, 0.3) is 0 Å². The number of nitrogens with one attached hydrogen (secondary N) is 2. The van der Waals surface area contributed by atoms with E-state index in [1.807, 2.05) is 31.2 Å². The summed E-state index contributed by atoms with van der Waals surface area (Å²) in [6, 6.07) is 14.7. The lowest BCUT2D eigenvalue weighted by molar-refractivity contribution is -0.123. The van der Waals surface area contributed by atoms with Crippen LogP contribution in [-0.4, -0.2) is 18.4 Å². The Bertz CT molecular complexity index is 714. The highest BCUT2D eigenvalue weighted by molar-refractivity contribution is 9.10. The Labute approximate surface area is 155 Å². The van der Waals surface area contributed by atoms with Crippen LogP contribution in [0.3, 0.4) is 0 Å². The van der Waals surface area contributed by atoms with Crippen molar-refractivity contribution in [1.82, 2.24) is 5.32 Å². The summed E-state index contributed by atoms with van der Waals surface area (Å²) in [4.78, 5) is 23.1. The van der Waals surface area contributed by atoms with Crippen molar-refractivity contribution in [3.05, 3.63) is 58.6 Å². The Morgan fingerprint density at radius 1 is 1.08 bits per heavy atom. The number of carbonyl (C=O) groups is 2. The van der Waals surface area contributed by atoms with Crippen LogP contribution in [0.1, 0.15) is 31.9 Å². The minimum absolute atomic E-state index is 0.0497. The number of ether oxygens (including phenoxy) is 1. The van der Waals surface area contributed by atoms with Crippen molar-refractivity contribution in [2.24, 2.45) is 0 Å². The number of halogens is 1. The second-order valence-corrected chi connectivity index (χ2v) is 6.49. The molecule has 25 heavy (non-hydrogen) atoms. The summed E-state index contributed by atoms with van der Waals surface area (Å²) in [6.45, 7) is 3.41. The topological polar surface area (TPSA) is 67.4 Å².